The minimum Gasteiger partial charge on any atom is -0.397 e. The summed E-state index contributed by atoms with van der Waals surface area (Å²) in [5.74, 6) is 0. The highest BCUT2D eigenvalue weighted by atomic mass is 32.2. The van der Waals surface area contributed by atoms with Crippen molar-refractivity contribution in [1.29, 1.82) is 0 Å². The van der Waals surface area contributed by atoms with E-state index in [0.29, 0.717) is 18.0 Å². The Morgan fingerprint density at radius 1 is 1.42 bits per heavy atom. The summed E-state index contributed by atoms with van der Waals surface area (Å²) in [6, 6.07) is 4.80. The quantitative estimate of drug-likeness (QED) is 0.710. The monoisotopic (exact) mass is 285 g/mol. The first-order valence-electron chi connectivity index (χ1n) is 6.20. The van der Waals surface area contributed by atoms with Crippen molar-refractivity contribution in [3.63, 3.8) is 0 Å². The van der Waals surface area contributed by atoms with Crippen molar-refractivity contribution in [2.75, 3.05) is 31.3 Å². The van der Waals surface area contributed by atoms with Crippen LogP contribution in [0, 0.1) is 0 Å². The first-order chi connectivity index (χ1) is 9.03. The molecule has 1 fully saturated rings. The van der Waals surface area contributed by atoms with Crippen LogP contribution in [0.2, 0.25) is 0 Å². The summed E-state index contributed by atoms with van der Waals surface area (Å²) in [6.45, 7) is 1.39. The van der Waals surface area contributed by atoms with Gasteiger partial charge in [-0.3, -0.25) is 0 Å². The predicted molar refractivity (Wildman–Crippen MR) is 74.6 cm³/mol. The summed E-state index contributed by atoms with van der Waals surface area (Å²) < 4.78 is 31.2. The van der Waals surface area contributed by atoms with Gasteiger partial charge in [-0.25, -0.2) is 13.1 Å². The number of nitrogen functional groups attached to an aromatic ring is 1. The van der Waals surface area contributed by atoms with Crippen molar-refractivity contribution < 1.29 is 13.2 Å². The van der Waals surface area contributed by atoms with Crippen molar-refractivity contribution >= 4 is 21.4 Å². The molecule has 2 rings (SSSR count). The molecule has 7 heteroatoms. The molecule has 1 heterocycles. The summed E-state index contributed by atoms with van der Waals surface area (Å²) >= 11 is 0. The van der Waals surface area contributed by atoms with E-state index >= 15 is 0 Å². The van der Waals surface area contributed by atoms with E-state index in [2.05, 4.69) is 10.0 Å². The van der Waals surface area contributed by atoms with Gasteiger partial charge in [-0.2, -0.15) is 0 Å². The van der Waals surface area contributed by atoms with Crippen LogP contribution in [0.1, 0.15) is 12.8 Å². The Kier molecular flexibility index (Phi) is 4.28. The van der Waals surface area contributed by atoms with E-state index in [1.54, 1.807) is 12.1 Å². The standard InChI is InChI=1S/C12H19N3O3S/c1-14-19(16,17)10-4-5-11(13)12(7-10)15-9-3-2-6-18-8-9/h4-5,7,9,14-15H,2-3,6,8,13H2,1H3. The Morgan fingerprint density at radius 2 is 2.21 bits per heavy atom. The number of nitrogens with one attached hydrogen (secondary N) is 2. The fourth-order valence-electron chi connectivity index (χ4n) is 2.02. The Hall–Kier alpha value is -1.31. The molecule has 106 valence electrons. The fraction of sp³-hybridized carbons (Fsp3) is 0.500. The summed E-state index contributed by atoms with van der Waals surface area (Å²) in [5, 5.41) is 3.24. The molecule has 1 aromatic rings. The minimum atomic E-state index is -3.46. The van der Waals surface area contributed by atoms with Crippen LogP contribution in [0.5, 0.6) is 0 Å². The highest BCUT2D eigenvalue weighted by Gasteiger charge is 2.17. The first-order valence-corrected chi connectivity index (χ1v) is 7.68. The Morgan fingerprint density at radius 3 is 2.84 bits per heavy atom. The van der Waals surface area contributed by atoms with E-state index in [1.807, 2.05) is 0 Å². The molecule has 1 unspecified atom stereocenters. The Labute approximate surface area is 113 Å². The largest absolute Gasteiger partial charge is 0.397 e. The molecule has 1 aliphatic rings. The molecule has 4 N–H and O–H groups in total. The van der Waals surface area contributed by atoms with Crippen LogP contribution in [0.15, 0.2) is 23.1 Å². The molecule has 0 amide bonds. The van der Waals surface area contributed by atoms with E-state index in [-0.39, 0.29) is 10.9 Å². The van der Waals surface area contributed by atoms with Crippen molar-refractivity contribution in [3.8, 4) is 0 Å². The van der Waals surface area contributed by atoms with Crippen LogP contribution in [-0.4, -0.2) is 34.7 Å². The zero-order valence-electron chi connectivity index (χ0n) is 10.8. The third-order valence-corrected chi connectivity index (χ3v) is 4.54. The van der Waals surface area contributed by atoms with Crippen LogP contribution >= 0.6 is 0 Å². The van der Waals surface area contributed by atoms with Crippen LogP contribution in [0.25, 0.3) is 0 Å². The van der Waals surface area contributed by atoms with Crippen molar-refractivity contribution in [3.05, 3.63) is 18.2 Å². The Bertz CT molecular complexity index is 539. The normalized spacial score (nSPS) is 20.2. The number of hydrogen-bond acceptors (Lipinski definition) is 5. The maximum atomic E-state index is 11.8. The van der Waals surface area contributed by atoms with Gasteiger partial charge in [-0.1, -0.05) is 0 Å². The molecule has 1 saturated heterocycles. The van der Waals surface area contributed by atoms with Gasteiger partial charge in [0.2, 0.25) is 10.0 Å². The average molecular weight is 285 g/mol. The van der Waals surface area contributed by atoms with Gasteiger partial charge in [0.15, 0.2) is 0 Å². The molecule has 0 spiro atoms. The first kappa shape index (κ1) is 14.1. The molecule has 0 bridgehead atoms. The highest BCUT2D eigenvalue weighted by molar-refractivity contribution is 7.89. The van der Waals surface area contributed by atoms with Gasteiger partial charge in [0, 0.05) is 12.6 Å². The number of ether oxygens (including phenoxy) is 1. The number of benzene rings is 1. The van der Waals surface area contributed by atoms with Crippen molar-refractivity contribution in [2.45, 2.75) is 23.8 Å². The van der Waals surface area contributed by atoms with Gasteiger partial charge in [0.25, 0.3) is 0 Å². The Balaban J connectivity index is 2.22. The summed E-state index contributed by atoms with van der Waals surface area (Å²) in [6.07, 6.45) is 1.98. The van der Waals surface area contributed by atoms with Crippen molar-refractivity contribution in [1.82, 2.24) is 4.72 Å². The molecule has 1 aliphatic heterocycles. The highest BCUT2D eigenvalue weighted by Crippen LogP contribution is 2.24. The van der Waals surface area contributed by atoms with Gasteiger partial charge in [0.05, 0.1) is 22.9 Å². The molecular formula is C12H19N3O3S. The van der Waals surface area contributed by atoms with E-state index in [0.717, 1.165) is 19.4 Å². The van der Waals surface area contributed by atoms with Gasteiger partial charge < -0.3 is 15.8 Å². The molecule has 6 nitrogen and oxygen atoms in total. The number of nitrogens with two attached hydrogens (primary N) is 1. The lowest BCUT2D eigenvalue weighted by Gasteiger charge is -2.25. The summed E-state index contributed by atoms with van der Waals surface area (Å²) in [4.78, 5) is 0.198. The third kappa shape index (κ3) is 3.37. The van der Waals surface area contributed by atoms with E-state index < -0.39 is 10.0 Å². The molecule has 1 aromatic carbocycles. The second-order valence-electron chi connectivity index (χ2n) is 4.52. The van der Waals surface area contributed by atoms with Gasteiger partial charge in [0.1, 0.15) is 0 Å². The average Bonchev–Trinajstić information content (AvgIpc) is 2.42. The van der Waals surface area contributed by atoms with Crippen LogP contribution in [0.3, 0.4) is 0 Å². The smallest absolute Gasteiger partial charge is 0.240 e. The van der Waals surface area contributed by atoms with E-state index in [4.69, 9.17) is 10.5 Å². The lowest BCUT2D eigenvalue weighted by molar-refractivity contribution is 0.0876. The second kappa shape index (κ2) is 5.77. The SMILES string of the molecule is CNS(=O)(=O)c1ccc(N)c(NC2CCCOC2)c1. The fourth-order valence-corrected chi connectivity index (χ4v) is 2.78. The molecule has 0 aliphatic carbocycles. The number of hydrogen-bond donors (Lipinski definition) is 3. The molecular weight excluding hydrogens is 266 g/mol. The molecule has 19 heavy (non-hydrogen) atoms. The summed E-state index contributed by atoms with van der Waals surface area (Å²) in [7, 11) is -2.07. The van der Waals surface area contributed by atoms with Gasteiger partial charge >= 0.3 is 0 Å². The van der Waals surface area contributed by atoms with Gasteiger partial charge in [-0.05, 0) is 38.1 Å². The second-order valence-corrected chi connectivity index (χ2v) is 6.40. The molecule has 0 radical (unpaired) electrons. The van der Waals surface area contributed by atoms with E-state index in [9.17, 15) is 8.42 Å². The van der Waals surface area contributed by atoms with Gasteiger partial charge in [-0.15, -0.1) is 0 Å². The van der Waals surface area contributed by atoms with Crippen molar-refractivity contribution in [2.24, 2.45) is 0 Å². The topological polar surface area (TPSA) is 93.5 Å². The number of anilines is 2. The summed E-state index contributed by atoms with van der Waals surface area (Å²) in [5.41, 5.74) is 7.03. The maximum absolute atomic E-state index is 11.8. The third-order valence-electron chi connectivity index (χ3n) is 3.12. The maximum Gasteiger partial charge on any atom is 0.240 e. The molecule has 1 atom stereocenters. The number of rotatable bonds is 4. The number of sulfonamides is 1. The molecule has 0 aromatic heterocycles. The zero-order chi connectivity index (χ0) is 13.9. The van der Waals surface area contributed by atoms with E-state index in [1.165, 1.54) is 13.1 Å². The lowest BCUT2D eigenvalue weighted by Crippen LogP contribution is -2.30. The molecule has 0 saturated carbocycles. The lowest BCUT2D eigenvalue weighted by atomic mass is 10.1. The predicted octanol–water partition coefficient (Wildman–Crippen LogP) is 0.768. The van der Waals surface area contributed by atoms with Crippen LogP contribution in [-0.2, 0) is 14.8 Å². The minimum absolute atomic E-state index is 0.170. The zero-order valence-corrected chi connectivity index (χ0v) is 11.7. The van der Waals surface area contributed by atoms with Crippen LogP contribution in [0.4, 0.5) is 11.4 Å². The van der Waals surface area contributed by atoms with Crippen LogP contribution < -0.4 is 15.8 Å².